The van der Waals surface area contributed by atoms with E-state index in [4.69, 9.17) is 10.5 Å². The highest BCUT2D eigenvalue weighted by Gasteiger charge is 2.39. The first-order valence-corrected chi connectivity index (χ1v) is 4.05. The number of nitrogens with two attached hydrogens (primary N) is 1. The van der Waals surface area contributed by atoms with Gasteiger partial charge in [0.1, 0.15) is 17.5 Å². The Balaban J connectivity index is 0.00000225. The highest BCUT2D eigenvalue weighted by Crippen LogP contribution is 2.36. The van der Waals surface area contributed by atoms with Gasteiger partial charge in [-0.25, -0.2) is 0 Å². The summed E-state index contributed by atoms with van der Waals surface area (Å²) in [4.78, 5) is 0. The Bertz CT molecular complexity index is 357. The molecule has 0 bridgehead atoms. The molecule has 7 heteroatoms. The van der Waals surface area contributed by atoms with Gasteiger partial charge in [-0.15, -0.1) is 12.4 Å². The molecule has 92 valence electrons. The summed E-state index contributed by atoms with van der Waals surface area (Å²) in [6, 6.07) is 1.29. The molecule has 0 saturated heterocycles. The number of rotatable bonds is 2. The van der Waals surface area contributed by atoms with Crippen LogP contribution in [-0.4, -0.2) is 18.4 Å². The van der Waals surface area contributed by atoms with E-state index in [1.54, 1.807) is 0 Å². The normalized spacial score (nSPS) is 12.8. The van der Waals surface area contributed by atoms with Crippen molar-refractivity contribution >= 4 is 12.4 Å². The Hall–Kier alpha value is -1.14. The predicted molar refractivity (Wildman–Crippen MR) is 54.9 cm³/mol. The van der Waals surface area contributed by atoms with Crippen LogP contribution in [0.5, 0.6) is 11.5 Å². The lowest BCUT2D eigenvalue weighted by molar-refractivity contribution is -0.149. The van der Waals surface area contributed by atoms with Crippen LogP contribution in [0.2, 0.25) is 0 Å². The molecule has 0 aliphatic heterocycles. The van der Waals surface area contributed by atoms with Crippen LogP contribution < -0.4 is 10.5 Å². The van der Waals surface area contributed by atoms with Crippen LogP contribution in [0.4, 0.5) is 13.2 Å². The van der Waals surface area contributed by atoms with Gasteiger partial charge in [-0.2, -0.15) is 13.2 Å². The molecule has 3 N–H and O–H groups in total. The molecule has 1 rings (SSSR count). The summed E-state index contributed by atoms with van der Waals surface area (Å²) >= 11 is 0. The maximum atomic E-state index is 12.2. The van der Waals surface area contributed by atoms with E-state index >= 15 is 0 Å². The number of phenolic OH excluding ortho intramolecular Hbond substituents is 1. The number of aromatic hydroxyl groups is 1. The summed E-state index contributed by atoms with van der Waals surface area (Å²) in [5, 5.41) is 9.30. The molecular weight excluding hydrogens is 247 g/mol. The van der Waals surface area contributed by atoms with E-state index in [-0.39, 0.29) is 23.7 Å². The first kappa shape index (κ1) is 14.9. The molecule has 1 aromatic rings. The van der Waals surface area contributed by atoms with Gasteiger partial charge < -0.3 is 15.6 Å². The van der Waals surface area contributed by atoms with E-state index in [0.717, 1.165) is 12.1 Å². The molecule has 0 aliphatic rings. The summed E-state index contributed by atoms with van der Waals surface area (Å²) in [6.45, 7) is 0. The number of halogens is 4. The average molecular weight is 258 g/mol. The van der Waals surface area contributed by atoms with Gasteiger partial charge in [0.15, 0.2) is 0 Å². The minimum absolute atomic E-state index is 0. The van der Waals surface area contributed by atoms with Crippen LogP contribution in [0.25, 0.3) is 0 Å². The quantitative estimate of drug-likeness (QED) is 0.855. The number of hydrogen-bond donors (Lipinski definition) is 2. The molecule has 0 heterocycles. The maximum absolute atomic E-state index is 12.2. The standard InChI is InChI=1S/C9H10F3NO2.ClH/c1-15-5-2-3-6(7(14)4-5)8(13)9(10,11)12;/h2-4,8,14H,13H2,1H3;1H/t8-;/m1./s1. The maximum Gasteiger partial charge on any atom is 0.407 e. The van der Waals surface area contributed by atoms with Crippen molar-refractivity contribution in [1.82, 2.24) is 0 Å². The van der Waals surface area contributed by atoms with Crippen molar-refractivity contribution in [2.75, 3.05) is 7.11 Å². The highest BCUT2D eigenvalue weighted by molar-refractivity contribution is 5.85. The molecule has 0 aliphatic carbocycles. The molecule has 0 saturated carbocycles. The van der Waals surface area contributed by atoms with Gasteiger partial charge in [0, 0.05) is 11.6 Å². The number of ether oxygens (including phenoxy) is 1. The van der Waals surface area contributed by atoms with Crippen LogP contribution in [0.15, 0.2) is 18.2 Å². The summed E-state index contributed by atoms with van der Waals surface area (Å²) in [5.74, 6) is -0.259. The molecule has 0 fully saturated rings. The van der Waals surface area contributed by atoms with Gasteiger partial charge in [0.2, 0.25) is 0 Å². The number of methoxy groups -OCH3 is 1. The molecule has 0 unspecified atom stereocenters. The second-order valence-corrected chi connectivity index (χ2v) is 2.94. The summed E-state index contributed by atoms with van der Waals surface area (Å²) in [5.41, 5.74) is 4.57. The van der Waals surface area contributed by atoms with Crippen LogP contribution in [0.1, 0.15) is 11.6 Å². The van der Waals surface area contributed by atoms with Gasteiger partial charge in [0.25, 0.3) is 0 Å². The van der Waals surface area contributed by atoms with E-state index < -0.39 is 18.0 Å². The Kier molecular flexibility index (Phi) is 4.89. The SMILES string of the molecule is COc1ccc([C@@H](N)C(F)(F)F)c(O)c1.Cl. The van der Waals surface area contributed by atoms with Crippen molar-refractivity contribution < 1.29 is 23.0 Å². The third-order valence-corrected chi connectivity index (χ3v) is 1.93. The van der Waals surface area contributed by atoms with Crippen molar-refractivity contribution in [2.45, 2.75) is 12.2 Å². The van der Waals surface area contributed by atoms with Crippen LogP contribution >= 0.6 is 12.4 Å². The number of hydrogen-bond acceptors (Lipinski definition) is 3. The van der Waals surface area contributed by atoms with Crippen molar-refractivity contribution in [1.29, 1.82) is 0 Å². The van der Waals surface area contributed by atoms with E-state index in [0.29, 0.717) is 0 Å². The second-order valence-electron chi connectivity index (χ2n) is 2.94. The fraction of sp³-hybridized carbons (Fsp3) is 0.333. The molecular formula is C9H11ClF3NO2. The lowest BCUT2D eigenvalue weighted by Crippen LogP contribution is -2.28. The molecule has 1 atom stereocenters. The van der Waals surface area contributed by atoms with Gasteiger partial charge >= 0.3 is 6.18 Å². The van der Waals surface area contributed by atoms with E-state index in [9.17, 15) is 18.3 Å². The first-order chi connectivity index (χ1) is 6.86. The predicted octanol–water partition coefficient (Wildman–Crippen LogP) is 2.38. The molecule has 16 heavy (non-hydrogen) atoms. The van der Waals surface area contributed by atoms with Gasteiger partial charge in [-0.1, -0.05) is 0 Å². The molecule has 0 aromatic heterocycles. The van der Waals surface area contributed by atoms with Crippen molar-refractivity contribution in [3.8, 4) is 11.5 Å². The first-order valence-electron chi connectivity index (χ1n) is 4.05. The summed E-state index contributed by atoms with van der Waals surface area (Å²) in [6.07, 6.45) is -4.58. The van der Waals surface area contributed by atoms with Crippen molar-refractivity contribution in [3.05, 3.63) is 23.8 Å². The molecule has 0 spiro atoms. The Morgan fingerprint density at radius 3 is 2.31 bits per heavy atom. The lowest BCUT2D eigenvalue weighted by atomic mass is 10.1. The second kappa shape index (κ2) is 5.27. The van der Waals surface area contributed by atoms with Gasteiger partial charge in [-0.3, -0.25) is 0 Å². The fourth-order valence-corrected chi connectivity index (χ4v) is 1.09. The molecule has 3 nitrogen and oxygen atoms in total. The molecule has 0 amide bonds. The van der Waals surface area contributed by atoms with Gasteiger partial charge in [0.05, 0.1) is 7.11 Å². The number of alkyl halides is 3. The summed E-state index contributed by atoms with van der Waals surface area (Å²) in [7, 11) is 1.35. The van der Waals surface area contributed by atoms with Crippen molar-refractivity contribution in [2.24, 2.45) is 5.73 Å². The monoisotopic (exact) mass is 257 g/mol. The fourth-order valence-electron chi connectivity index (χ4n) is 1.09. The largest absolute Gasteiger partial charge is 0.507 e. The zero-order chi connectivity index (χ0) is 11.6. The van der Waals surface area contributed by atoms with Crippen LogP contribution in [0.3, 0.4) is 0 Å². The third kappa shape index (κ3) is 3.18. The third-order valence-electron chi connectivity index (χ3n) is 1.93. The minimum atomic E-state index is -4.58. The lowest BCUT2D eigenvalue weighted by Gasteiger charge is -2.17. The number of phenols is 1. The Morgan fingerprint density at radius 2 is 1.94 bits per heavy atom. The van der Waals surface area contributed by atoms with E-state index in [2.05, 4.69) is 0 Å². The van der Waals surface area contributed by atoms with Crippen LogP contribution in [-0.2, 0) is 0 Å². The summed E-state index contributed by atoms with van der Waals surface area (Å²) < 4.78 is 41.4. The zero-order valence-corrected chi connectivity index (χ0v) is 9.10. The van der Waals surface area contributed by atoms with Crippen LogP contribution in [0, 0.1) is 0 Å². The zero-order valence-electron chi connectivity index (χ0n) is 8.28. The topological polar surface area (TPSA) is 55.5 Å². The van der Waals surface area contributed by atoms with E-state index in [1.807, 2.05) is 0 Å². The highest BCUT2D eigenvalue weighted by atomic mass is 35.5. The van der Waals surface area contributed by atoms with E-state index in [1.165, 1.54) is 13.2 Å². The molecule has 1 aromatic carbocycles. The van der Waals surface area contributed by atoms with Crippen molar-refractivity contribution in [3.63, 3.8) is 0 Å². The number of benzene rings is 1. The smallest absolute Gasteiger partial charge is 0.407 e. The molecule has 0 radical (unpaired) electrons. The van der Waals surface area contributed by atoms with Gasteiger partial charge in [-0.05, 0) is 12.1 Å². The Morgan fingerprint density at radius 1 is 1.38 bits per heavy atom. The minimum Gasteiger partial charge on any atom is -0.507 e. The Labute approximate surface area is 96.4 Å². The average Bonchev–Trinajstić information content (AvgIpc) is 2.15.